The normalized spacial score (nSPS) is 20.4. The minimum atomic E-state index is 0.193. The van der Waals surface area contributed by atoms with Crippen molar-refractivity contribution in [2.45, 2.75) is 26.3 Å². The lowest BCUT2D eigenvalue weighted by Gasteiger charge is -2.15. The summed E-state index contributed by atoms with van der Waals surface area (Å²) in [6, 6.07) is 2.47. The third-order valence-corrected chi connectivity index (χ3v) is 4.40. The molecule has 2 heterocycles. The third kappa shape index (κ3) is 2.13. The Bertz CT molecular complexity index is 380. The topological polar surface area (TPSA) is 32.3 Å². The quantitative estimate of drug-likeness (QED) is 0.852. The molecule has 1 N–H and O–H groups in total. The zero-order valence-corrected chi connectivity index (χ0v) is 10.9. The molecule has 1 saturated heterocycles. The van der Waals surface area contributed by atoms with Crippen molar-refractivity contribution in [2.24, 2.45) is 0 Å². The van der Waals surface area contributed by atoms with E-state index in [-0.39, 0.29) is 5.91 Å². The Labute approximate surface area is 100 Å². The SMILES string of the molecule is CNC1CCN(C(=O)c2cc(C)c(C)s2)C1. The molecule has 88 valence electrons. The van der Waals surface area contributed by atoms with Crippen LogP contribution in [0, 0.1) is 13.8 Å². The summed E-state index contributed by atoms with van der Waals surface area (Å²) in [4.78, 5) is 16.3. The van der Waals surface area contributed by atoms with Gasteiger partial charge in [0.05, 0.1) is 4.88 Å². The molecule has 4 heteroatoms. The molecule has 0 bridgehead atoms. The minimum absolute atomic E-state index is 0.193. The number of thiophene rings is 1. The van der Waals surface area contributed by atoms with E-state index < -0.39 is 0 Å². The highest BCUT2D eigenvalue weighted by Gasteiger charge is 2.26. The maximum absolute atomic E-state index is 12.2. The van der Waals surface area contributed by atoms with Gasteiger partial charge in [0, 0.05) is 24.0 Å². The number of hydrogen-bond acceptors (Lipinski definition) is 3. The van der Waals surface area contributed by atoms with Crippen LogP contribution in [0.3, 0.4) is 0 Å². The lowest BCUT2D eigenvalue weighted by Crippen LogP contribution is -2.33. The lowest BCUT2D eigenvalue weighted by atomic mass is 10.3. The van der Waals surface area contributed by atoms with Gasteiger partial charge in [-0.05, 0) is 38.9 Å². The molecule has 0 aromatic carbocycles. The third-order valence-electron chi connectivity index (χ3n) is 3.26. The maximum Gasteiger partial charge on any atom is 0.263 e. The molecule has 1 fully saturated rings. The molecule has 1 aromatic rings. The molecule has 1 aliphatic rings. The summed E-state index contributed by atoms with van der Waals surface area (Å²) in [5.41, 5.74) is 1.22. The second-order valence-corrected chi connectivity index (χ2v) is 5.63. The van der Waals surface area contributed by atoms with Gasteiger partial charge in [-0.1, -0.05) is 0 Å². The monoisotopic (exact) mass is 238 g/mol. The van der Waals surface area contributed by atoms with Crippen molar-refractivity contribution in [1.82, 2.24) is 10.2 Å². The second-order valence-electron chi connectivity index (χ2n) is 4.38. The largest absolute Gasteiger partial charge is 0.336 e. The highest BCUT2D eigenvalue weighted by Crippen LogP contribution is 2.23. The molecule has 16 heavy (non-hydrogen) atoms. The van der Waals surface area contributed by atoms with Gasteiger partial charge >= 0.3 is 0 Å². The van der Waals surface area contributed by atoms with Crippen LogP contribution in [0.2, 0.25) is 0 Å². The summed E-state index contributed by atoms with van der Waals surface area (Å²) in [7, 11) is 1.96. The number of carbonyl (C=O) groups excluding carboxylic acids is 1. The van der Waals surface area contributed by atoms with E-state index >= 15 is 0 Å². The number of nitrogens with one attached hydrogen (secondary N) is 1. The standard InChI is InChI=1S/C12H18N2OS/c1-8-6-11(16-9(8)2)12(15)14-5-4-10(7-14)13-3/h6,10,13H,4-5,7H2,1-3H3. The predicted octanol–water partition coefficient (Wildman–Crippen LogP) is 1.80. The van der Waals surface area contributed by atoms with Crippen molar-refractivity contribution in [2.75, 3.05) is 20.1 Å². The van der Waals surface area contributed by atoms with Gasteiger partial charge in [0.1, 0.15) is 0 Å². The fourth-order valence-corrected chi connectivity index (χ4v) is 3.02. The van der Waals surface area contributed by atoms with Crippen LogP contribution in [-0.4, -0.2) is 37.0 Å². The lowest BCUT2D eigenvalue weighted by molar-refractivity contribution is 0.0794. The van der Waals surface area contributed by atoms with Crippen molar-refractivity contribution >= 4 is 17.2 Å². The smallest absolute Gasteiger partial charge is 0.263 e. The highest BCUT2D eigenvalue weighted by atomic mass is 32.1. The molecule has 0 radical (unpaired) electrons. The summed E-state index contributed by atoms with van der Waals surface area (Å²) in [6.07, 6.45) is 1.06. The van der Waals surface area contributed by atoms with Gasteiger partial charge in [0.2, 0.25) is 0 Å². The molecule has 1 aliphatic heterocycles. The highest BCUT2D eigenvalue weighted by molar-refractivity contribution is 7.14. The van der Waals surface area contributed by atoms with Crippen molar-refractivity contribution in [3.63, 3.8) is 0 Å². The Balaban J connectivity index is 2.08. The van der Waals surface area contributed by atoms with Gasteiger partial charge in [-0.15, -0.1) is 11.3 Å². The van der Waals surface area contributed by atoms with E-state index in [1.54, 1.807) is 11.3 Å². The maximum atomic E-state index is 12.2. The summed E-state index contributed by atoms with van der Waals surface area (Å²) in [5, 5.41) is 3.23. The minimum Gasteiger partial charge on any atom is -0.336 e. The number of nitrogens with zero attached hydrogens (tertiary/aromatic N) is 1. The molecule has 2 rings (SSSR count). The number of amides is 1. The number of likely N-dealkylation sites (N-methyl/N-ethyl adjacent to an activating group) is 1. The molecule has 1 atom stereocenters. The van der Waals surface area contributed by atoms with Gasteiger partial charge < -0.3 is 10.2 Å². The number of hydrogen-bond donors (Lipinski definition) is 1. The summed E-state index contributed by atoms with van der Waals surface area (Å²) in [5.74, 6) is 0.193. The number of aryl methyl sites for hydroxylation is 2. The molecular formula is C12H18N2OS. The van der Waals surface area contributed by atoms with E-state index in [0.29, 0.717) is 6.04 Å². The first-order valence-electron chi connectivity index (χ1n) is 5.65. The van der Waals surface area contributed by atoms with Crippen LogP contribution in [0.15, 0.2) is 6.07 Å². The van der Waals surface area contributed by atoms with Gasteiger partial charge in [-0.3, -0.25) is 4.79 Å². The molecule has 0 saturated carbocycles. The Morgan fingerprint density at radius 1 is 1.56 bits per heavy atom. The number of likely N-dealkylation sites (tertiary alicyclic amines) is 1. The Hall–Kier alpha value is -0.870. The first kappa shape index (κ1) is 11.6. The second kappa shape index (κ2) is 4.55. The van der Waals surface area contributed by atoms with Crippen LogP contribution >= 0.6 is 11.3 Å². The van der Waals surface area contributed by atoms with Crippen molar-refractivity contribution < 1.29 is 4.79 Å². The van der Waals surface area contributed by atoms with Crippen LogP contribution in [-0.2, 0) is 0 Å². The number of carbonyl (C=O) groups is 1. The van der Waals surface area contributed by atoms with E-state index in [1.165, 1.54) is 10.4 Å². The zero-order chi connectivity index (χ0) is 11.7. The Morgan fingerprint density at radius 3 is 2.81 bits per heavy atom. The van der Waals surface area contributed by atoms with E-state index in [9.17, 15) is 4.79 Å². The summed E-state index contributed by atoms with van der Waals surface area (Å²) in [6.45, 7) is 5.84. The molecule has 1 amide bonds. The molecule has 0 aliphatic carbocycles. The van der Waals surface area contributed by atoms with Crippen LogP contribution in [0.25, 0.3) is 0 Å². The average molecular weight is 238 g/mol. The summed E-state index contributed by atoms with van der Waals surface area (Å²) >= 11 is 1.61. The van der Waals surface area contributed by atoms with E-state index in [4.69, 9.17) is 0 Å². The number of rotatable bonds is 2. The molecule has 1 aromatic heterocycles. The van der Waals surface area contributed by atoms with Crippen LogP contribution in [0.5, 0.6) is 0 Å². The molecule has 1 unspecified atom stereocenters. The van der Waals surface area contributed by atoms with E-state index in [1.807, 2.05) is 18.0 Å². The van der Waals surface area contributed by atoms with Crippen LogP contribution in [0.1, 0.15) is 26.5 Å². The fourth-order valence-electron chi connectivity index (χ4n) is 2.01. The van der Waals surface area contributed by atoms with Crippen molar-refractivity contribution in [1.29, 1.82) is 0 Å². The molecular weight excluding hydrogens is 220 g/mol. The van der Waals surface area contributed by atoms with Gasteiger partial charge in [0.25, 0.3) is 5.91 Å². The predicted molar refractivity (Wildman–Crippen MR) is 67.2 cm³/mol. The van der Waals surface area contributed by atoms with E-state index in [2.05, 4.69) is 19.2 Å². The summed E-state index contributed by atoms with van der Waals surface area (Å²) < 4.78 is 0. The Morgan fingerprint density at radius 2 is 2.31 bits per heavy atom. The fraction of sp³-hybridized carbons (Fsp3) is 0.583. The first-order chi connectivity index (χ1) is 7.61. The van der Waals surface area contributed by atoms with Crippen molar-refractivity contribution in [3.05, 3.63) is 21.4 Å². The molecule has 3 nitrogen and oxygen atoms in total. The molecule has 0 spiro atoms. The van der Waals surface area contributed by atoms with Gasteiger partial charge in [-0.25, -0.2) is 0 Å². The Kier molecular flexibility index (Phi) is 3.30. The van der Waals surface area contributed by atoms with Crippen LogP contribution < -0.4 is 5.32 Å². The first-order valence-corrected chi connectivity index (χ1v) is 6.47. The van der Waals surface area contributed by atoms with Gasteiger partial charge in [-0.2, -0.15) is 0 Å². The van der Waals surface area contributed by atoms with Crippen LogP contribution in [0.4, 0.5) is 0 Å². The average Bonchev–Trinajstić information content (AvgIpc) is 2.86. The van der Waals surface area contributed by atoms with Gasteiger partial charge in [0.15, 0.2) is 0 Å². The zero-order valence-electron chi connectivity index (χ0n) is 10.0. The van der Waals surface area contributed by atoms with Crippen molar-refractivity contribution in [3.8, 4) is 0 Å². The van der Waals surface area contributed by atoms with E-state index in [0.717, 1.165) is 24.4 Å².